The molecule has 2 fully saturated rings. The molecule has 0 aromatic carbocycles. The molecule has 0 radical (unpaired) electrons. The van der Waals surface area contributed by atoms with Gasteiger partial charge in [0.1, 0.15) is 0 Å². The van der Waals surface area contributed by atoms with Crippen molar-refractivity contribution in [2.24, 2.45) is 11.7 Å². The Morgan fingerprint density at radius 3 is 2.90 bits per heavy atom. The highest BCUT2D eigenvalue weighted by Gasteiger charge is 2.39. The summed E-state index contributed by atoms with van der Waals surface area (Å²) in [6.45, 7) is 0.905. The van der Waals surface area contributed by atoms with Crippen molar-refractivity contribution < 1.29 is 4.74 Å². The molecule has 1 aliphatic carbocycles. The van der Waals surface area contributed by atoms with Crippen LogP contribution in [0.4, 0.5) is 0 Å². The number of aromatic nitrogens is 1. The summed E-state index contributed by atoms with van der Waals surface area (Å²) in [6.07, 6.45) is 12.7. The molecule has 1 saturated carbocycles. The van der Waals surface area contributed by atoms with Gasteiger partial charge in [0.05, 0.1) is 5.60 Å². The third kappa shape index (κ3) is 3.83. The Morgan fingerprint density at radius 1 is 1.29 bits per heavy atom. The quantitative estimate of drug-likeness (QED) is 0.923. The Morgan fingerprint density at radius 2 is 2.14 bits per heavy atom. The van der Waals surface area contributed by atoms with Gasteiger partial charge in [-0.2, -0.15) is 0 Å². The molecule has 2 aliphatic rings. The van der Waals surface area contributed by atoms with Crippen molar-refractivity contribution in [1.29, 1.82) is 0 Å². The molecule has 2 heterocycles. The van der Waals surface area contributed by atoms with Gasteiger partial charge in [-0.1, -0.05) is 25.3 Å². The fourth-order valence-electron chi connectivity index (χ4n) is 4.07. The van der Waals surface area contributed by atoms with E-state index in [4.69, 9.17) is 10.5 Å². The Hall–Kier alpha value is -0.930. The summed E-state index contributed by atoms with van der Waals surface area (Å²) in [5, 5.41) is 0. The van der Waals surface area contributed by atoms with Gasteiger partial charge < -0.3 is 10.5 Å². The van der Waals surface area contributed by atoms with Gasteiger partial charge in [0, 0.05) is 24.5 Å². The van der Waals surface area contributed by atoms with Gasteiger partial charge in [-0.05, 0) is 56.6 Å². The number of rotatable bonds is 4. The third-order valence-electron chi connectivity index (χ3n) is 5.36. The van der Waals surface area contributed by atoms with E-state index in [9.17, 15) is 0 Å². The van der Waals surface area contributed by atoms with Crippen LogP contribution in [0.15, 0.2) is 24.4 Å². The van der Waals surface area contributed by atoms with Crippen molar-refractivity contribution >= 4 is 0 Å². The topological polar surface area (TPSA) is 48.1 Å². The molecule has 1 aromatic heterocycles. The molecule has 3 rings (SSSR count). The Balaban J connectivity index is 1.53. The Bertz CT molecular complexity index is 423. The van der Waals surface area contributed by atoms with E-state index >= 15 is 0 Å². The van der Waals surface area contributed by atoms with E-state index in [1.165, 1.54) is 38.5 Å². The maximum atomic E-state index is 6.50. The molecule has 0 bridgehead atoms. The standard InChI is InChI=1S/C18H28N2O/c19-17(8-7-16-6-2-5-12-20-16)15-9-13-21-18(14-15)10-3-1-4-11-18/h2,5-6,12,15,17H,1,3-4,7-11,13-14,19H2. The summed E-state index contributed by atoms with van der Waals surface area (Å²) < 4.78 is 6.18. The molecule has 2 atom stereocenters. The lowest BCUT2D eigenvalue weighted by molar-refractivity contribution is -0.120. The number of nitrogens with two attached hydrogens (primary N) is 1. The first kappa shape index (κ1) is 15.0. The van der Waals surface area contributed by atoms with E-state index in [1.807, 2.05) is 12.3 Å². The summed E-state index contributed by atoms with van der Waals surface area (Å²) in [6, 6.07) is 6.41. The first-order valence-electron chi connectivity index (χ1n) is 8.57. The summed E-state index contributed by atoms with van der Waals surface area (Å²) >= 11 is 0. The smallest absolute Gasteiger partial charge is 0.0685 e. The van der Waals surface area contributed by atoms with Crippen LogP contribution in [0.25, 0.3) is 0 Å². The highest BCUT2D eigenvalue weighted by molar-refractivity contribution is 5.04. The van der Waals surface area contributed by atoms with Crippen LogP contribution in [0, 0.1) is 5.92 Å². The summed E-state index contributed by atoms with van der Waals surface area (Å²) in [7, 11) is 0. The highest BCUT2D eigenvalue weighted by Crippen LogP contribution is 2.41. The van der Waals surface area contributed by atoms with Crippen molar-refractivity contribution in [2.75, 3.05) is 6.61 Å². The molecular formula is C18H28N2O. The normalized spacial score (nSPS) is 26.6. The minimum atomic E-state index is 0.170. The molecule has 1 spiro atoms. The van der Waals surface area contributed by atoms with Crippen LogP contribution in [0.1, 0.15) is 57.1 Å². The first-order valence-corrected chi connectivity index (χ1v) is 8.57. The molecule has 2 unspecified atom stereocenters. The average molecular weight is 288 g/mol. The highest BCUT2D eigenvalue weighted by atomic mass is 16.5. The predicted molar refractivity (Wildman–Crippen MR) is 85.0 cm³/mol. The van der Waals surface area contributed by atoms with Crippen LogP contribution in [-0.2, 0) is 11.2 Å². The fraction of sp³-hybridized carbons (Fsp3) is 0.722. The van der Waals surface area contributed by atoms with Crippen molar-refractivity contribution in [2.45, 2.75) is 69.4 Å². The average Bonchev–Trinajstić information content (AvgIpc) is 2.54. The van der Waals surface area contributed by atoms with Gasteiger partial charge in [-0.15, -0.1) is 0 Å². The molecule has 3 heteroatoms. The summed E-state index contributed by atoms with van der Waals surface area (Å²) in [5.74, 6) is 0.626. The molecule has 2 N–H and O–H groups in total. The van der Waals surface area contributed by atoms with E-state index < -0.39 is 0 Å². The van der Waals surface area contributed by atoms with Crippen LogP contribution >= 0.6 is 0 Å². The lowest BCUT2D eigenvalue weighted by atomic mass is 9.73. The van der Waals surface area contributed by atoms with Gasteiger partial charge in [0.25, 0.3) is 0 Å². The second-order valence-electron chi connectivity index (χ2n) is 6.87. The van der Waals surface area contributed by atoms with E-state index in [-0.39, 0.29) is 11.6 Å². The van der Waals surface area contributed by atoms with Crippen LogP contribution in [0.2, 0.25) is 0 Å². The number of pyridine rings is 1. The first-order chi connectivity index (χ1) is 10.3. The van der Waals surface area contributed by atoms with Crippen LogP contribution in [-0.4, -0.2) is 23.2 Å². The lowest BCUT2D eigenvalue weighted by Gasteiger charge is -2.45. The summed E-state index contributed by atoms with van der Waals surface area (Å²) in [4.78, 5) is 4.40. The second-order valence-corrected chi connectivity index (χ2v) is 6.87. The van der Waals surface area contributed by atoms with Crippen molar-refractivity contribution in [3.05, 3.63) is 30.1 Å². The molecule has 1 saturated heterocycles. The van der Waals surface area contributed by atoms with Crippen LogP contribution in [0.5, 0.6) is 0 Å². The Labute approximate surface area is 128 Å². The Kier molecular flexibility index (Phi) is 4.91. The SMILES string of the molecule is NC(CCc1ccccn1)C1CCOC2(CCCCC2)C1. The van der Waals surface area contributed by atoms with Gasteiger partial charge >= 0.3 is 0 Å². The van der Waals surface area contributed by atoms with Gasteiger partial charge in [0.15, 0.2) is 0 Å². The zero-order valence-electron chi connectivity index (χ0n) is 13.0. The largest absolute Gasteiger partial charge is 0.375 e. The maximum absolute atomic E-state index is 6.50. The van der Waals surface area contributed by atoms with E-state index in [2.05, 4.69) is 17.1 Å². The number of ether oxygens (including phenoxy) is 1. The van der Waals surface area contributed by atoms with Gasteiger partial charge in [-0.25, -0.2) is 0 Å². The lowest BCUT2D eigenvalue weighted by Crippen LogP contribution is -2.46. The zero-order valence-corrected chi connectivity index (χ0v) is 13.0. The third-order valence-corrected chi connectivity index (χ3v) is 5.36. The molecular weight excluding hydrogens is 260 g/mol. The van der Waals surface area contributed by atoms with E-state index in [0.717, 1.165) is 31.6 Å². The molecule has 0 amide bonds. The molecule has 1 aromatic rings. The van der Waals surface area contributed by atoms with Crippen LogP contribution in [0.3, 0.4) is 0 Å². The zero-order chi connectivity index (χ0) is 14.5. The van der Waals surface area contributed by atoms with Crippen molar-refractivity contribution in [1.82, 2.24) is 4.98 Å². The monoisotopic (exact) mass is 288 g/mol. The van der Waals surface area contributed by atoms with Crippen molar-refractivity contribution in [3.8, 4) is 0 Å². The second kappa shape index (κ2) is 6.89. The minimum Gasteiger partial charge on any atom is -0.375 e. The number of hydrogen-bond acceptors (Lipinski definition) is 3. The number of nitrogens with zero attached hydrogens (tertiary/aromatic N) is 1. The summed E-state index contributed by atoms with van der Waals surface area (Å²) in [5.41, 5.74) is 7.83. The minimum absolute atomic E-state index is 0.170. The van der Waals surface area contributed by atoms with Gasteiger partial charge in [-0.3, -0.25) is 4.98 Å². The molecule has 21 heavy (non-hydrogen) atoms. The molecule has 1 aliphatic heterocycles. The number of hydrogen-bond donors (Lipinski definition) is 1. The maximum Gasteiger partial charge on any atom is 0.0685 e. The van der Waals surface area contributed by atoms with E-state index in [1.54, 1.807) is 0 Å². The van der Waals surface area contributed by atoms with E-state index in [0.29, 0.717) is 5.92 Å². The number of aryl methyl sites for hydroxylation is 1. The predicted octanol–water partition coefficient (Wildman–Crippen LogP) is 3.47. The fourth-order valence-corrected chi connectivity index (χ4v) is 4.07. The molecule has 3 nitrogen and oxygen atoms in total. The van der Waals surface area contributed by atoms with Crippen molar-refractivity contribution in [3.63, 3.8) is 0 Å². The molecule has 116 valence electrons. The van der Waals surface area contributed by atoms with Gasteiger partial charge in [0.2, 0.25) is 0 Å². The van der Waals surface area contributed by atoms with Crippen LogP contribution < -0.4 is 5.73 Å².